The van der Waals surface area contributed by atoms with E-state index >= 15 is 0 Å². The van der Waals surface area contributed by atoms with Crippen molar-refractivity contribution in [3.63, 3.8) is 0 Å². The van der Waals surface area contributed by atoms with Gasteiger partial charge in [0.25, 0.3) is 0 Å². The largest absolute Gasteiger partial charge is 0.330 e. The van der Waals surface area contributed by atoms with Crippen LogP contribution in [0.1, 0.15) is 5.69 Å². The first-order chi connectivity index (χ1) is 6.40. The van der Waals surface area contributed by atoms with Gasteiger partial charge < -0.3 is 5.73 Å². The van der Waals surface area contributed by atoms with E-state index in [-0.39, 0.29) is 0 Å². The van der Waals surface area contributed by atoms with Crippen LogP contribution in [0.3, 0.4) is 0 Å². The Hall–Kier alpha value is -1.20. The van der Waals surface area contributed by atoms with E-state index in [2.05, 4.69) is 15.2 Å². The molecule has 0 amide bonds. The summed E-state index contributed by atoms with van der Waals surface area (Å²) in [6.07, 6.45) is 2.56. The summed E-state index contributed by atoms with van der Waals surface area (Å²) in [5.74, 6) is 0. The third kappa shape index (κ3) is 1.76. The van der Waals surface area contributed by atoms with Crippen molar-refractivity contribution in [3.8, 4) is 10.7 Å². The van der Waals surface area contributed by atoms with Crippen LogP contribution in [0.4, 0.5) is 0 Å². The number of H-pyrrole nitrogens is 1. The van der Waals surface area contributed by atoms with Crippen LogP contribution in [0.25, 0.3) is 10.7 Å². The van der Waals surface area contributed by atoms with Crippen molar-refractivity contribution in [2.75, 3.05) is 6.54 Å². The molecule has 2 heterocycles. The second-order valence-electron chi connectivity index (χ2n) is 2.65. The Morgan fingerprint density at radius 1 is 1.54 bits per heavy atom. The molecule has 2 aromatic heterocycles. The van der Waals surface area contributed by atoms with Gasteiger partial charge in [-0.2, -0.15) is 5.10 Å². The molecule has 0 fully saturated rings. The van der Waals surface area contributed by atoms with Crippen LogP contribution in [0.2, 0.25) is 0 Å². The topological polar surface area (TPSA) is 67.6 Å². The summed E-state index contributed by atoms with van der Waals surface area (Å²) in [4.78, 5) is 4.41. The van der Waals surface area contributed by atoms with Gasteiger partial charge in [-0.05, 0) is 12.6 Å². The maximum atomic E-state index is 5.43. The van der Waals surface area contributed by atoms with Gasteiger partial charge in [0, 0.05) is 18.0 Å². The van der Waals surface area contributed by atoms with Crippen molar-refractivity contribution in [2.45, 2.75) is 6.42 Å². The van der Waals surface area contributed by atoms with E-state index in [9.17, 15) is 0 Å². The summed E-state index contributed by atoms with van der Waals surface area (Å²) < 4.78 is 0. The van der Waals surface area contributed by atoms with Crippen molar-refractivity contribution in [2.24, 2.45) is 5.73 Å². The molecule has 0 saturated heterocycles. The van der Waals surface area contributed by atoms with Crippen LogP contribution >= 0.6 is 11.3 Å². The van der Waals surface area contributed by atoms with Crippen LogP contribution in [-0.2, 0) is 6.42 Å². The third-order valence-corrected chi connectivity index (χ3v) is 2.61. The number of nitrogens with two attached hydrogens (primary N) is 1. The predicted octanol–water partition coefficient (Wildman–Crippen LogP) is 1.03. The Kier molecular flexibility index (Phi) is 2.37. The molecule has 0 saturated carbocycles. The summed E-state index contributed by atoms with van der Waals surface area (Å²) in [6.45, 7) is 0.645. The van der Waals surface area contributed by atoms with Crippen molar-refractivity contribution in [1.29, 1.82) is 0 Å². The highest BCUT2D eigenvalue weighted by atomic mass is 32.1. The zero-order valence-electron chi connectivity index (χ0n) is 7.03. The first kappa shape index (κ1) is 8.40. The third-order valence-electron chi connectivity index (χ3n) is 1.68. The number of thiazole rings is 1. The van der Waals surface area contributed by atoms with Gasteiger partial charge in [0.1, 0.15) is 5.01 Å². The number of nitrogens with one attached hydrogen (secondary N) is 1. The fraction of sp³-hybridized carbons (Fsp3) is 0.250. The average molecular weight is 194 g/mol. The van der Waals surface area contributed by atoms with Crippen LogP contribution in [-0.4, -0.2) is 21.7 Å². The molecule has 0 aliphatic rings. The van der Waals surface area contributed by atoms with E-state index in [1.54, 1.807) is 17.5 Å². The number of hydrogen-bond acceptors (Lipinski definition) is 4. The van der Waals surface area contributed by atoms with Crippen LogP contribution < -0.4 is 5.73 Å². The molecule has 0 radical (unpaired) electrons. The minimum absolute atomic E-state index is 0.645. The number of rotatable bonds is 3. The second-order valence-corrected chi connectivity index (χ2v) is 3.51. The first-order valence-corrected chi connectivity index (χ1v) is 4.92. The molecule has 0 aliphatic heterocycles. The first-order valence-electron chi connectivity index (χ1n) is 4.04. The number of nitrogens with zero attached hydrogens (tertiary/aromatic N) is 2. The summed E-state index contributed by atoms with van der Waals surface area (Å²) in [5.41, 5.74) is 7.45. The van der Waals surface area contributed by atoms with Gasteiger partial charge in [-0.3, -0.25) is 5.10 Å². The summed E-state index contributed by atoms with van der Waals surface area (Å²) in [6, 6.07) is 1.91. The number of aromatic amines is 1. The molecular weight excluding hydrogens is 184 g/mol. The molecule has 0 unspecified atom stereocenters. The standard InChI is InChI=1S/C8H10N4S/c9-3-1-6-5-13-8(11-6)7-2-4-10-12-7/h2,4-5H,1,3,9H2,(H,10,12). The second kappa shape index (κ2) is 3.68. The molecular formula is C8H10N4S. The molecule has 5 heteroatoms. The maximum absolute atomic E-state index is 5.43. The van der Waals surface area contributed by atoms with Gasteiger partial charge in [0.15, 0.2) is 0 Å². The molecule has 13 heavy (non-hydrogen) atoms. The Bertz CT molecular complexity index is 365. The molecule has 0 atom stereocenters. The van der Waals surface area contributed by atoms with Gasteiger partial charge in [-0.15, -0.1) is 11.3 Å². The minimum Gasteiger partial charge on any atom is -0.330 e. The maximum Gasteiger partial charge on any atom is 0.141 e. The molecule has 2 aromatic rings. The van der Waals surface area contributed by atoms with Gasteiger partial charge in [-0.25, -0.2) is 4.98 Å². The van der Waals surface area contributed by atoms with Gasteiger partial charge in [0.05, 0.1) is 11.4 Å². The molecule has 0 spiro atoms. The summed E-state index contributed by atoms with van der Waals surface area (Å²) in [7, 11) is 0. The lowest BCUT2D eigenvalue weighted by atomic mass is 10.3. The van der Waals surface area contributed by atoms with Crippen molar-refractivity contribution >= 4 is 11.3 Å². The van der Waals surface area contributed by atoms with Gasteiger partial charge in [0.2, 0.25) is 0 Å². The summed E-state index contributed by atoms with van der Waals surface area (Å²) >= 11 is 1.61. The smallest absolute Gasteiger partial charge is 0.141 e. The monoisotopic (exact) mass is 194 g/mol. The zero-order valence-corrected chi connectivity index (χ0v) is 7.84. The van der Waals surface area contributed by atoms with Crippen LogP contribution in [0.5, 0.6) is 0 Å². The zero-order chi connectivity index (χ0) is 9.10. The lowest BCUT2D eigenvalue weighted by Gasteiger charge is -1.89. The molecule has 0 aliphatic carbocycles. The Balaban J connectivity index is 2.23. The van der Waals surface area contributed by atoms with Gasteiger partial charge >= 0.3 is 0 Å². The quantitative estimate of drug-likeness (QED) is 0.767. The lowest BCUT2D eigenvalue weighted by molar-refractivity contribution is 0.935. The summed E-state index contributed by atoms with van der Waals surface area (Å²) in [5, 5.41) is 9.75. The van der Waals surface area contributed by atoms with Crippen LogP contribution in [0, 0.1) is 0 Å². The van der Waals surface area contributed by atoms with Crippen LogP contribution in [0.15, 0.2) is 17.6 Å². The van der Waals surface area contributed by atoms with Crippen molar-refractivity contribution in [1.82, 2.24) is 15.2 Å². The Labute approximate surface area is 79.8 Å². The van der Waals surface area contributed by atoms with Crippen molar-refractivity contribution in [3.05, 3.63) is 23.3 Å². The number of aromatic nitrogens is 3. The highest BCUT2D eigenvalue weighted by Gasteiger charge is 2.04. The average Bonchev–Trinajstić information content (AvgIpc) is 2.70. The molecule has 4 nitrogen and oxygen atoms in total. The Morgan fingerprint density at radius 3 is 3.15 bits per heavy atom. The lowest BCUT2D eigenvalue weighted by Crippen LogP contribution is -2.02. The Morgan fingerprint density at radius 2 is 2.46 bits per heavy atom. The van der Waals surface area contributed by atoms with Gasteiger partial charge in [-0.1, -0.05) is 0 Å². The van der Waals surface area contributed by atoms with E-state index in [0.29, 0.717) is 6.54 Å². The van der Waals surface area contributed by atoms with Crippen molar-refractivity contribution < 1.29 is 0 Å². The van der Waals surface area contributed by atoms with E-state index in [1.165, 1.54) is 0 Å². The SMILES string of the molecule is NCCc1csc(-c2ccn[nH]2)n1. The van der Waals surface area contributed by atoms with E-state index in [4.69, 9.17) is 5.73 Å². The molecule has 3 N–H and O–H groups in total. The fourth-order valence-corrected chi connectivity index (χ4v) is 1.90. The highest BCUT2D eigenvalue weighted by molar-refractivity contribution is 7.13. The molecule has 68 valence electrons. The fourth-order valence-electron chi connectivity index (χ4n) is 1.07. The molecule has 0 aromatic carbocycles. The van der Waals surface area contributed by atoms with E-state index in [1.807, 2.05) is 11.4 Å². The highest BCUT2D eigenvalue weighted by Crippen LogP contribution is 2.20. The minimum atomic E-state index is 0.645. The molecule has 2 rings (SSSR count). The van der Waals surface area contributed by atoms with E-state index < -0.39 is 0 Å². The molecule has 0 bridgehead atoms. The number of hydrogen-bond donors (Lipinski definition) is 2. The predicted molar refractivity (Wildman–Crippen MR) is 52.5 cm³/mol. The van der Waals surface area contributed by atoms with E-state index in [0.717, 1.165) is 22.8 Å². The normalized spacial score (nSPS) is 10.5.